The molecule has 4 aromatic rings. The van der Waals surface area contributed by atoms with Gasteiger partial charge < -0.3 is 5.32 Å². The fourth-order valence-corrected chi connectivity index (χ4v) is 3.00. The molecule has 2 heterocycles. The Morgan fingerprint density at radius 2 is 2.09 bits per heavy atom. The number of nitrogens with zero attached hydrogens (tertiary/aromatic N) is 2. The summed E-state index contributed by atoms with van der Waals surface area (Å²) < 4.78 is 13.3. The van der Waals surface area contributed by atoms with Crippen LogP contribution in [0.3, 0.4) is 0 Å². The molecule has 108 valence electrons. The van der Waals surface area contributed by atoms with Crippen molar-refractivity contribution in [2.45, 2.75) is 0 Å². The van der Waals surface area contributed by atoms with Gasteiger partial charge in [-0.3, -0.25) is 5.10 Å². The molecule has 0 fully saturated rings. The fourth-order valence-electron chi connectivity index (χ4n) is 2.26. The topological polar surface area (TPSA) is 53.6 Å². The van der Waals surface area contributed by atoms with Crippen molar-refractivity contribution >= 4 is 33.1 Å². The highest BCUT2D eigenvalue weighted by molar-refractivity contribution is 7.14. The first-order chi connectivity index (χ1) is 10.8. The van der Waals surface area contributed by atoms with E-state index in [0.29, 0.717) is 0 Å². The van der Waals surface area contributed by atoms with Crippen LogP contribution in [0.4, 0.5) is 15.2 Å². The maximum absolute atomic E-state index is 13.3. The van der Waals surface area contributed by atoms with Crippen LogP contribution in [0.25, 0.3) is 22.2 Å². The van der Waals surface area contributed by atoms with E-state index in [2.05, 4.69) is 20.5 Å². The van der Waals surface area contributed by atoms with E-state index in [1.165, 1.54) is 23.5 Å². The zero-order chi connectivity index (χ0) is 14.9. The van der Waals surface area contributed by atoms with Gasteiger partial charge in [0.2, 0.25) is 0 Å². The molecule has 2 aromatic carbocycles. The summed E-state index contributed by atoms with van der Waals surface area (Å²) in [5.41, 5.74) is 3.46. The number of hydrogen-bond donors (Lipinski definition) is 2. The van der Waals surface area contributed by atoms with Gasteiger partial charge in [0.1, 0.15) is 5.82 Å². The van der Waals surface area contributed by atoms with E-state index in [4.69, 9.17) is 0 Å². The van der Waals surface area contributed by atoms with Crippen LogP contribution in [0.1, 0.15) is 0 Å². The number of thiazole rings is 1. The largest absolute Gasteiger partial charge is 0.332 e. The summed E-state index contributed by atoms with van der Waals surface area (Å²) in [6.45, 7) is 0. The van der Waals surface area contributed by atoms with Gasteiger partial charge in [0.05, 0.1) is 17.4 Å². The number of halogens is 1. The summed E-state index contributed by atoms with van der Waals surface area (Å²) in [6.07, 6.45) is 1.78. The molecule has 0 saturated heterocycles. The van der Waals surface area contributed by atoms with Gasteiger partial charge in [-0.05, 0) is 30.3 Å². The first-order valence-corrected chi connectivity index (χ1v) is 7.57. The summed E-state index contributed by atoms with van der Waals surface area (Å²) in [6, 6.07) is 12.4. The van der Waals surface area contributed by atoms with Crippen molar-refractivity contribution in [3.05, 3.63) is 59.9 Å². The van der Waals surface area contributed by atoms with Crippen molar-refractivity contribution in [1.29, 1.82) is 0 Å². The Labute approximate surface area is 129 Å². The second-order valence-electron chi connectivity index (χ2n) is 4.85. The standard InChI is InChI=1S/C16H11FN4S/c17-12-3-1-2-10(6-12)15-9-22-16(20-15)19-13-4-5-14-11(7-13)8-18-21-14/h1-9H,(H,18,21)(H,19,20). The molecule has 0 aliphatic heterocycles. The molecule has 0 aliphatic rings. The maximum atomic E-state index is 13.3. The quantitative estimate of drug-likeness (QED) is 0.583. The molecule has 0 atom stereocenters. The first-order valence-electron chi connectivity index (χ1n) is 6.69. The predicted molar refractivity (Wildman–Crippen MR) is 86.9 cm³/mol. The molecule has 0 radical (unpaired) electrons. The second kappa shape index (κ2) is 5.23. The van der Waals surface area contributed by atoms with Crippen molar-refractivity contribution in [3.8, 4) is 11.3 Å². The molecule has 6 heteroatoms. The lowest BCUT2D eigenvalue weighted by Crippen LogP contribution is -1.89. The van der Waals surface area contributed by atoms with Crippen LogP contribution < -0.4 is 5.32 Å². The van der Waals surface area contributed by atoms with Gasteiger partial charge in [-0.25, -0.2) is 9.37 Å². The van der Waals surface area contributed by atoms with E-state index in [0.717, 1.165) is 33.0 Å². The Bertz CT molecular complexity index is 944. The van der Waals surface area contributed by atoms with E-state index < -0.39 is 0 Å². The number of anilines is 2. The Hall–Kier alpha value is -2.73. The number of fused-ring (bicyclic) bond motifs is 1. The van der Waals surface area contributed by atoms with Gasteiger partial charge >= 0.3 is 0 Å². The second-order valence-corrected chi connectivity index (χ2v) is 5.70. The third-order valence-electron chi connectivity index (χ3n) is 3.32. The monoisotopic (exact) mass is 310 g/mol. The molecular formula is C16H11FN4S. The van der Waals surface area contributed by atoms with Crippen LogP contribution in [-0.2, 0) is 0 Å². The molecule has 0 spiro atoms. The molecule has 0 unspecified atom stereocenters. The van der Waals surface area contributed by atoms with E-state index in [1.807, 2.05) is 29.6 Å². The normalized spacial score (nSPS) is 11.0. The summed E-state index contributed by atoms with van der Waals surface area (Å²) in [4.78, 5) is 4.50. The zero-order valence-electron chi connectivity index (χ0n) is 11.4. The van der Waals surface area contributed by atoms with E-state index in [1.54, 1.807) is 12.3 Å². The molecule has 4 rings (SSSR count). The van der Waals surface area contributed by atoms with Crippen molar-refractivity contribution in [3.63, 3.8) is 0 Å². The fraction of sp³-hybridized carbons (Fsp3) is 0. The Morgan fingerprint density at radius 3 is 3.00 bits per heavy atom. The lowest BCUT2D eigenvalue weighted by molar-refractivity contribution is 0.628. The average molecular weight is 310 g/mol. The van der Waals surface area contributed by atoms with Gasteiger partial charge in [-0.1, -0.05) is 12.1 Å². The van der Waals surface area contributed by atoms with Crippen molar-refractivity contribution in [2.24, 2.45) is 0 Å². The summed E-state index contributed by atoms with van der Waals surface area (Å²) >= 11 is 1.48. The Balaban J connectivity index is 1.61. The highest BCUT2D eigenvalue weighted by atomic mass is 32.1. The molecule has 4 nitrogen and oxygen atoms in total. The molecule has 0 bridgehead atoms. The van der Waals surface area contributed by atoms with Gasteiger partial charge in [0.25, 0.3) is 0 Å². The number of aromatic amines is 1. The SMILES string of the molecule is Fc1cccc(-c2csc(Nc3ccc4[nH]ncc4c3)n2)c1. The van der Waals surface area contributed by atoms with Crippen LogP contribution in [-0.4, -0.2) is 15.2 Å². The Kier molecular flexibility index (Phi) is 3.08. The van der Waals surface area contributed by atoms with E-state index in [9.17, 15) is 4.39 Å². The van der Waals surface area contributed by atoms with Gasteiger partial charge in [0, 0.05) is 22.0 Å². The predicted octanol–water partition coefficient (Wildman–Crippen LogP) is 4.57. The van der Waals surface area contributed by atoms with Crippen molar-refractivity contribution < 1.29 is 4.39 Å². The minimum absolute atomic E-state index is 0.259. The lowest BCUT2D eigenvalue weighted by Gasteiger charge is -2.02. The number of benzene rings is 2. The molecular weight excluding hydrogens is 299 g/mol. The van der Waals surface area contributed by atoms with Crippen LogP contribution in [0.2, 0.25) is 0 Å². The molecule has 2 aromatic heterocycles. The molecule has 22 heavy (non-hydrogen) atoms. The number of aromatic nitrogens is 3. The van der Waals surface area contributed by atoms with Crippen LogP contribution in [0, 0.1) is 5.82 Å². The van der Waals surface area contributed by atoms with Gasteiger partial charge in [-0.15, -0.1) is 11.3 Å². The first kappa shape index (κ1) is 13.0. The summed E-state index contributed by atoms with van der Waals surface area (Å²) in [5, 5.41) is 13.9. The third-order valence-corrected chi connectivity index (χ3v) is 4.07. The van der Waals surface area contributed by atoms with Crippen molar-refractivity contribution in [2.75, 3.05) is 5.32 Å². The lowest BCUT2D eigenvalue weighted by atomic mass is 10.2. The molecule has 0 amide bonds. The zero-order valence-corrected chi connectivity index (χ0v) is 12.2. The number of rotatable bonds is 3. The van der Waals surface area contributed by atoms with Gasteiger partial charge in [-0.2, -0.15) is 5.10 Å². The third kappa shape index (κ3) is 2.44. The minimum Gasteiger partial charge on any atom is -0.332 e. The van der Waals surface area contributed by atoms with Gasteiger partial charge in [0.15, 0.2) is 5.13 Å². The molecule has 0 saturated carbocycles. The van der Waals surface area contributed by atoms with Crippen LogP contribution >= 0.6 is 11.3 Å². The molecule has 2 N–H and O–H groups in total. The number of hydrogen-bond acceptors (Lipinski definition) is 4. The van der Waals surface area contributed by atoms with Crippen LogP contribution in [0.15, 0.2) is 54.0 Å². The summed E-state index contributed by atoms with van der Waals surface area (Å²) in [5.74, 6) is -0.259. The molecule has 0 aliphatic carbocycles. The highest BCUT2D eigenvalue weighted by Crippen LogP contribution is 2.28. The minimum atomic E-state index is -0.259. The van der Waals surface area contributed by atoms with E-state index in [-0.39, 0.29) is 5.82 Å². The average Bonchev–Trinajstić information content (AvgIpc) is 3.16. The number of nitrogens with one attached hydrogen (secondary N) is 2. The highest BCUT2D eigenvalue weighted by Gasteiger charge is 2.06. The smallest absolute Gasteiger partial charge is 0.187 e. The summed E-state index contributed by atoms with van der Waals surface area (Å²) in [7, 11) is 0. The Morgan fingerprint density at radius 1 is 1.14 bits per heavy atom. The van der Waals surface area contributed by atoms with E-state index >= 15 is 0 Å². The van der Waals surface area contributed by atoms with Crippen molar-refractivity contribution in [1.82, 2.24) is 15.2 Å². The number of H-pyrrole nitrogens is 1. The maximum Gasteiger partial charge on any atom is 0.187 e. The van der Waals surface area contributed by atoms with Crippen LogP contribution in [0.5, 0.6) is 0 Å².